The van der Waals surface area contributed by atoms with E-state index in [9.17, 15) is 9.59 Å². The molecule has 1 aliphatic carbocycles. The molecule has 0 spiro atoms. The van der Waals surface area contributed by atoms with E-state index in [0.717, 1.165) is 36.8 Å². The molecule has 5 heteroatoms. The summed E-state index contributed by atoms with van der Waals surface area (Å²) in [6, 6.07) is 21.7. The van der Waals surface area contributed by atoms with E-state index in [4.69, 9.17) is 11.6 Å². The van der Waals surface area contributed by atoms with Gasteiger partial charge in [0.2, 0.25) is 11.8 Å². The molecule has 0 heterocycles. The number of nitrogens with one attached hydrogen (secondary N) is 1. The number of hydrogen-bond donors (Lipinski definition) is 1. The summed E-state index contributed by atoms with van der Waals surface area (Å²) in [7, 11) is 0. The maximum atomic E-state index is 13.7. The van der Waals surface area contributed by atoms with Crippen LogP contribution in [0.15, 0.2) is 66.7 Å². The third kappa shape index (κ3) is 6.43. The van der Waals surface area contributed by atoms with E-state index in [2.05, 4.69) is 29.6 Å². The Bertz CT molecular complexity index is 1150. The highest BCUT2D eigenvalue weighted by Gasteiger charge is 2.30. The fourth-order valence-electron chi connectivity index (χ4n) is 5.17. The number of fused-ring (bicyclic) bond motifs is 1. The second-order valence-electron chi connectivity index (χ2n) is 9.52. The lowest BCUT2D eigenvalue weighted by Crippen LogP contribution is -2.51. The van der Waals surface area contributed by atoms with E-state index >= 15 is 0 Å². The van der Waals surface area contributed by atoms with Crippen LogP contribution >= 0.6 is 11.6 Å². The summed E-state index contributed by atoms with van der Waals surface area (Å²) in [5, 5.41) is 6.19. The lowest BCUT2D eigenvalue weighted by atomic mass is 9.95. The van der Waals surface area contributed by atoms with Crippen LogP contribution in [0.4, 0.5) is 0 Å². The fourth-order valence-corrected chi connectivity index (χ4v) is 5.37. The molecule has 1 saturated carbocycles. The SMILES string of the molecule is CCC(C(=O)NC1CCCCC1)N(Cc1ccccc1Cl)C(=O)CCc1cccc2ccccc12. The van der Waals surface area contributed by atoms with Gasteiger partial charge in [-0.2, -0.15) is 0 Å². The summed E-state index contributed by atoms with van der Waals surface area (Å²) in [5.74, 6) is -0.0755. The highest BCUT2D eigenvalue weighted by molar-refractivity contribution is 6.31. The molecule has 3 aromatic rings. The highest BCUT2D eigenvalue weighted by atomic mass is 35.5. The first-order chi connectivity index (χ1) is 17.1. The van der Waals surface area contributed by atoms with Crippen LogP contribution in [0, 0.1) is 0 Å². The Kier molecular flexibility index (Phi) is 8.81. The second kappa shape index (κ2) is 12.2. The smallest absolute Gasteiger partial charge is 0.243 e. The molecule has 0 aliphatic heterocycles. The van der Waals surface area contributed by atoms with Crippen molar-refractivity contribution in [3.05, 3.63) is 82.9 Å². The molecule has 1 fully saturated rings. The van der Waals surface area contributed by atoms with Crippen molar-refractivity contribution in [3.63, 3.8) is 0 Å². The van der Waals surface area contributed by atoms with Crippen LogP contribution < -0.4 is 5.32 Å². The number of rotatable bonds is 9. The summed E-state index contributed by atoms with van der Waals surface area (Å²) in [5.41, 5.74) is 2.01. The average molecular weight is 491 g/mol. The van der Waals surface area contributed by atoms with E-state index < -0.39 is 6.04 Å². The monoisotopic (exact) mass is 490 g/mol. The molecule has 184 valence electrons. The number of carbonyl (C=O) groups is 2. The first kappa shape index (κ1) is 25.2. The van der Waals surface area contributed by atoms with Crippen molar-refractivity contribution >= 4 is 34.2 Å². The van der Waals surface area contributed by atoms with Gasteiger partial charge in [-0.3, -0.25) is 9.59 Å². The Morgan fingerprint density at radius 1 is 0.943 bits per heavy atom. The van der Waals surface area contributed by atoms with Crippen molar-refractivity contribution in [1.29, 1.82) is 0 Å². The number of aryl methyl sites for hydroxylation is 1. The van der Waals surface area contributed by atoms with E-state index in [1.807, 2.05) is 49.4 Å². The van der Waals surface area contributed by atoms with Gasteiger partial charge in [0.15, 0.2) is 0 Å². The summed E-state index contributed by atoms with van der Waals surface area (Å²) < 4.78 is 0. The van der Waals surface area contributed by atoms with Crippen LogP contribution in [-0.4, -0.2) is 28.8 Å². The number of amides is 2. The first-order valence-electron chi connectivity index (χ1n) is 12.9. The minimum atomic E-state index is -0.520. The molecule has 4 nitrogen and oxygen atoms in total. The van der Waals surface area contributed by atoms with E-state index in [-0.39, 0.29) is 17.9 Å². The minimum Gasteiger partial charge on any atom is -0.352 e. The van der Waals surface area contributed by atoms with Crippen LogP contribution in [0.1, 0.15) is 63.0 Å². The number of hydrogen-bond acceptors (Lipinski definition) is 2. The lowest BCUT2D eigenvalue weighted by Gasteiger charge is -2.33. The second-order valence-corrected chi connectivity index (χ2v) is 9.93. The van der Waals surface area contributed by atoms with Gasteiger partial charge in [0.25, 0.3) is 0 Å². The van der Waals surface area contributed by atoms with Gasteiger partial charge in [-0.25, -0.2) is 0 Å². The maximum absolute atomic E-state index is 13.7. The fraction of sp³-hybridized carbons (Fsp3) is 0.400. The molecule has 35 heavy (non-hydrogen) atoms. The van der Waals surface area contributed by atoms with Crippen molar-refractivity contribution in [2.45, 2.75) is 76.9 Å². The van der Waals surface area contributed by atoms with Crippen molar-refractivity contribution < 1.29 is 9.59 Å². The van der Waals surface area contributed by atoms with E-state index in [0.29, 0.717) is 30.8 Å². The largest absolute Gasteiger partial charge is 0.352 e. The van der Waals surface area contributed by atoms with Gasteiger partial charge in [0.05, 0.1) is 0 Å². The number of nitrogens with zero attached hydrogens (tertiary/aromatic N) is 1. The van der Waals surface area contributed by atoms with Crippen LogP contribution in [0.2, 0.25) is 5.02 Å². The molecule has 4 rings (SSSR count). The molecular formula is C30H35ClN2O2. The number of benzene rings is 3. The van der Waals surface area contributed by atoms with E-state index in [1.165, 1.54) is 17.2 Å². The van der Waals surface area contributed by atoms with Gasteiger partial charge < -0.3 is 10.2 Å². The van der Waals surface area contributed by atoms with Crippen molar-refractivity contribution in [2.24, 2.45) is 0 Å². The molecule has 1 atom stereocenters. The van der Waals surface area contributed by atoms with Gasteiger partial charge in [0.1, 0.15) is 6.04 Å². The van der Waals surface area contributed by atoms with Crippen molar-refractivity contribution in [1.82, 2.24) is 10.2 Å². The standard InChI is InChI=1S/C30H35ClN2O2/c1-2-28(30(35)32-25-15-4-3-5-16-25)33(21-24-12-7-9-18-27(24)31)29(34)20-19-23-14-10-13-22-11-6-8-17-26(22)23/h6-14,17-18,25,28H,2-5,15-16,19-21H2,1H3,(H,32,35). The minimum absolute atomic E-state index is 0.0245. The number of halogens is 1. The Labute approximate surface area is 213 Å². The zero-order valence-corrected chi connectivity index (χ0v) is 21.3. The van der Waals surface area contributed by atoms with Crippen LogP contribution in [-0.2, 0) is 22.6 Å². The maximum Gasteiger partial charge on any atom is 0.243 e. The molecule has 1 unspecified atom stereocenters. The van der Waals surface area contributed by atoms with Gasteiger partial charge in [-0.1, -0.05) is 98.5 Å². The first-order valence-corrected chi connectivity index (χ1v) is 13.2. The summed E-state index contributed by atoms with van der Waals surface area (Å²) >= 11 is 6.46. The highest BCUT2D eigenvalue weighted by Crippen LogP contribution is 2.24. The summed E-state index contributed by atoms with van der Waals surface area (Å²) in [6.07, 6.45) is 7.08. The Hall–Kier alpha value is -2.85. The zero-order valence-electron chi connectivity index (χ0n) is 20.5. The molecule has 1 aliphatic rings. The molecule has 0 radical (unpaired) electrons. The molecule has 3 aromatic carbocycles. The van der Waals surface area contributed by atoms with E-state index in [1.54, 1.807) is 4.90 Å². The quantitative estimate of drug-likeness (QED) is 0.363. The van der Waals surface area contributed by atoms with Gasteiger partial charge in [0, 0.05) is 24.0 Å². The van der Waals surface area contributed by atoms with Crippen molar-refractivity contribution in [3.8, 4) is 0 Å². The third-order valence-electron chi connectivity index (χ3n) is 7.12. The third-order valence-corrected chi connectivity index (χ3v) is 7.49. The van der Waals surface area contributed by atoms with Crippen molar-refractivity contribution in [2.75, 3.05) is 0 Å². The molecule has 0 bridgehead atoms. The molecule has 2 amide bonds. The Morgan fingerprint density at radius 2 is 1.63 bits per heavy atom. The molecule has 0 saturated heterocycles. The Morgan fingerprint density at radius 3 is 2.40 bits per heavy atom. The van der Waals surface area contributed by atoms with Crippen LogP contribution in [0.25, 0.3) is 10.8 Å². The average Bonchev–Trinajstić information content (AvgIpc) is 2.88. The molecule has 1 N–H and O–H groups in total. The zero-order chi connectivity index (χ0) is 24.6. The van der Waals surface area contributed by atoms with Gasteiger partial charge in [-0.05, 0) is 53.6 Å². The summed E-state index contributed by atoms with van der Waals surface area (Å²) in [4.78, 5) is 28.8. The predicted octanol–water partition coefficient (Wildman–Crippen LogP) is 6.68. The predicted molar refractivity (Wildman–Crippen MR) is 143 cm³/mol. The van der Waals surface area contributed by atoms with Gasteiger partial charge in [-0.15, -0.1) is 0 Å². The normalized spacial score (nSPS) is 15.0. The lowest BCUT2D eigenvalue weighted by molar-refractivity contribution is -0.141. The molecule has 0 aromatic heterocycles. The van der Waals surface area contributed by atoms with Crippen LogP contribution in [0.3, 0.4) is 0 Å². The Balaban J connectivity index is 1.54. The van der Waals surface area contributed by atoms with Gasteiger partial charge >= 0.3 is 0 Å². The topological polar surface area (TPSA) is 49.4 Å². The summed E-state index contributed by atoms with van der Waals surface area (Å²) in [6.45, 7) is 2.30. The van der Waals surface area contributed by atoms with Crippen LogP contribution in [0.5, 0.6) is 0 Å². The number of carbonyl (C=O) groups excluding carboxylic acids is 2. The molecular weight excluding hydrogens is 456 g/mol.